The van der Waals surface area contributed by atoms with E-state index in [2.05, 4.69) is 69.4 Å². The summed E-state index contributed by atoms with van der Waals surface area (Å²) in [6, 6.07) is 0. The quantitative estimate of drug-likeness (QED) is 0.0197. The van der Waals surface area contributed by atoms with Crippen LogP contribution in [0.3, 0.4) is 0 Å². The fourth-order valence-electron chi connectivity index (χ4n) is 7.23. The number of hydrogen-bond acceptors (Lipinski definition) is 10. The van der Waals surface area contributed by atoms with E-state index in [-0.39, 0.29) is 25.9 Å². The molecular formula is C54H97O11P. The zero-order chi connectivity index (χ0) is 48.4. The van der Waals surface area contributed by atoms with Gasteiger partial charge < -0.3 is 24.2 Å². The van der Waals surface area contributed by atoms with Crippen molar-refractivity contribution in [2.45, 2.75) is 251 Å². The van der Waals surface area contributed by atoms with E-state index in [0.717, 1.165) is 89.9 Å². The number of rotatable bonds is 49. The molecule has 0 saturated carbocycles. The van der Waals surface area contributed by atoms with E-state index < -0.39 is 57.8 Å². The molecule has 3 unspecified atom stereocenters. The molecule has 0 heterocycles. The molecule has 0 aliphatic carbocycles. The van der Waals surface area contributed by atoms with Gasteiger partial charge in [-0.05, 0) is 57.8 Å². The summed E-state index contributed by atoms with van der Waals surface area (Å²) in [5.41, 5.74) is 0. The summed E-state index contributed by atoms with van der Waals surface area (Å²) in [6.45, 7) is 4.49. The van der Waals surface area contributed by atoms with Gasteiger partial charge in [0.05, 0.1) is 19.8 Å². The highest BCUT2D eigenvalue weighted by Gasteiger charge is 2.28. The van der Waals surface area contributed by atoms with Crippen molar-refractivity contribution in [2.24, 2.45) is 0 Å². The van der Waals surface area contributed by atoms with Gasteiger partial charge in [-0.25, -0.2) is 4.57 Å². The Hall–Kier alpha value is -2.56. The molecule has 0 amide bonds. The van der Waals surface area contributed by atoms with Crippen LogP contribution < -0.4 is 0 Å². The third-order valence-corrected chi connectivity index (χ3v) is 12.2. The summed E-state index contributed by atoms with van der Waals surface area (Å²) >= 11 is 0. The van der Waals surface area contributed by atoms with Gasteiger partial charge in [0.15, 0.2) is 6.10 Å². The molecule has 66 heavy (non-hydrogen) atoms. The molecule has 3 atom stereocenters. The highest BCUT2D eigenvalue weighted by molar-refractivity contribution is 7.47. The second kappa shape index (κ2) is 48.9. The lowest BCUT2D eigenvalue weighted by Gasteiger charge is -2.21. The SMILES string of the molecule is CC/C=C\C/C=C\C/C=C\C/C=C\CCCCCCC(=O)OCC(COP(=O)(O)OCC(CO)OC(=O)CCCCCCCCCCCCC)OC(=O)CCCCCCCCCCCCC. The molecule has 0 saturated heterocycles. The number of esters is 3. The minimum Gasteiger partial charge on any atom is -0.462 e. The molecule has 0 spiro atoms. The highest BCUT2D eigenvalue weighted by atomic mass is 31.2. The summed E-state index contributed by atoms with van der Waals surface area (Å²) in [6.07, 6.45) is 49.4. The maximum absolute atomic E-state index is 12.8. The van der Waals surface area contributed by atoms with Crippen LogP contribution in [0, 0.1) is 0 Å². The first-order valence-electron chi connectivity index (χ1n) is 26.5. The monoisotopic (exact) mass is 953 g/mol. The molecule has 0 aliphatic rings. The van der Waals surface area contributed by atoms with Crippen LogP contribution in [-0.4, -0.2) is 66.5 Å². The van der Waals surface area contributed by atoms with Gasteiger partial charge in [0.2, 0.25) is 0 Å². The average molecular weight is 953 g/mol. The molecule has 12 heteroatoms. The number of ether oxygens (including phenoxy) is 3. The average Bonchev–Trinajstić information content (AvgIpc) is 3.30. The van der Waals surface area contributed by atoms with Gasteiger partial charge in [-0.1, -0.05) is 211 Å². The zero-order valence-electron chi connectivity index (χ0n) is 42.2. The Kier molecular flexibility index (Phi) is 47.0. The van der Waals surface area contributed by atoms with E-state index in [0.29, 0.717) is 19.3 Å². The fourth-order valence-corrected chi connectivity index (χ4v) is 8.01. The molecular weight excluding hydrogens is 856 g/mol. The van der Waals surface area contributed by atoms with Crippen LogP contribution in [0.2, 0.25) is 0 Å². The third kappa shape index (κ3) is 46.5. The van der Waals surface area contributed by atoms with Crippen LogP contribution in [0.4, 0.5) is 0 Å². The van der Waals surface area contributed by atoms with Crippen molar-refractivity contribution in [3.05, 3.63) is 48.6 Å². The Morgan fingerprint density at radius 2 is 0.788 bits per heavy atom. The molecule has 0 aliphatic heterocycles. The Labute approximate surface area is 403 Å². The molecule has 0 radical (unpaired) electrons. The lowest BCUT2D eigenvalue weighted by Crippen LogP contribution is -2.30. The molecule has 0 aromatic heterocycles. The topological polar surface area (TPSA) is 155 Å². The molecule has 0 aromatic carbocycles. The minimum atomic E-state index is -4.74. The number of unbranched alkanes of at least 4 members (excludes halogenated alkanes) is 24. The third-order valence-electron chi connectivity index (χ3n) is 11.3. The van der Waals surface area contributed by atoms with Crippen LogP contribution in [-0.2, 0) is 42.2 Å². The highest BCUT2D eigenvalue weighted by Crippen LogP contribution is 2.43. The Balaban J connectivity index is 4.73. The molecule has 0 bridgehead atoms. The number of allylic oxidation sites excluding steroid dienone is 8. The van der Waals surface area contributed by atoms with Crippen LogP contribution in [0.15, 0.2) is 48.6 Å². The van der Waals surface area contributed by atoms with Crippen LogP contribution in [0.1, 0.15) is 239 Å². The van der Waals surface area contributed by atoms with Crippen molar-refractivity contribution in [1.82, 2.24) is 0 Å². The Morgan fingerprint density at radius 1 is 0.439 bits per heavy atom. The molecule has 384 valence electrons. The van der Waals surface area contributed by atoms with Gasteiger partial charge in [0.1, 0.15) is 12.7 Å². The van der Waals surface area contributed by atoms with Crippen LogP contribution >= 0.6 is 7.82 Å². The first-order chi connectivity index (χ1) is 32.2. The summed E-state index contributed by atoms with van der Waals surface area (Å²) in [5.74, 6) is -1.48. The van der Waals surface area contributed by atoms with E-state index in [1.54, 1.807) is 0 Å². The summed E-state index contributed by atoms with van der Waals surface area (Å²) in [7, 11) is -4.74. The molecule has 0 rings (SSSR count). The smallest absolute Gasteiger partial charge is 0.462 e. The Morgan fingerprint density at radius 3 is 1.21 bits per heavy atom. The first kappa shape index (κ1) is 63.4. The van der Waals surface area contributed by atoms with Crippen molar-refractivity contribution in [1.29, 1.82) is 0 Å². The Bertz CT molecular complexity index is 1300. The van der Waals surface area contributed by atoms with E-state index in [1.807, 2.05) is 0 Å². The van der Waals surface area contributed by atoms with E-state index >= 15 is 0 Å². The predicted molar refractivity (Wildman–Crippen MR) is 270 cm³/mol. The normalized spacial score (nSPS) is 13.8. The zero-order valence-corrected chi connectivity index (χ0v) is 43.1. The maximum atomic E-state index is 12.8. The summed E-state index contributed by atoms with van der Waals surface area (Å²) < 4.78 is 39.3. The molecule has 0 fully saturated rings. The predicted octanol–water partition coefficient (Wildman–Crippen LogP) is 15.0. The van der Waals surface area contributed by atoms with Gasteiger partial charge in [-0.3, -0.25) is 23.4 Å². The van der Waals surface area contributed by atoms with Gasteiger partial charge in [-0.2, -0.15) is 0 Å². The summed E-state index contributed by atoms with van der Waals surface area (Å²) in [5, 5.41) is 9.76. The largest absolute Gasteiger partial charge is 0.472 e. The molecule has 11 nitrogen and oxygen atoms in total. The van der Waals surface area contributed by atoms with Gasteiger partial charge in [0.25, 0.3) is 0 Å². The van der Waals surface area contributed by atoms with Crippen molar-refractivity contribution < 1.29 is 52.2 Å². The number of aliphatic hydroxyl groups excluding tert-OH is 1. The summed E-state index contributed by atoms with van der Waals surface area (Å²) in [4.78, 5) is 48.3. The number of aliphatic hydroxyl groups is 1. The van der Waals surface area contributed by atoms with Crippen molar-refractivity contribution in [3.63, 3.8) is 0 Å². The minimum absolute atomic E-state index is 0.165. The number of carbonyl (C=O) groups is 3. The van der Waals surface area contributed by atoms with Crippen molar-refractivity contribution in [2.75, 3.05) is 26.4 Å². The van der Waals surface area contributed by atoms with Gasteiger partial charge in [-0.15, -0.1) is 0 Å². The van der Waals surface area contributed by atoms with Crippen molar-refractivity contribution >= 4 is 25.7 Å². The number of phosphoric acid groups is 1. The van der Waals surface area contributed by atoms with E-state index in [4.69, 9.17) is 23.3 Å². The van der Waals surface area contributed by atoms with E-state index in [1.165, 1.54) is 89.9 Å². The van der Waals surface area contributed by atoms with Crippen LogP contribution in [0.25, 0.3) is 0 Å². The fraction of sp³-hybridized carbons (Fsp3) is 0.796. The number of phosphoric ester groups is 1. The lowest BCUT2D eigenvalue weighted by atomic mass is 10.1. The molecule has 2 N–H and O–H groups in total. The van der Waals surface area contributed by atoms with Gasteiger partial charge in [0, 0.05) is 19.3 Å². The van der Waals surface area contributed by atoms with Gasteiger partial charge >= 0.3 is 25.7 Å². The second-order valence-corrected chi connectivity index (χ2v) is 19.1. The molecule has 0 aromatic rings. The van der Waals surface area contributed by atoms with Crippen molar-refractivity contribution in [3.8, 4) is 0 Å². The van der Waals surface area contributed by atoms with Crippen LogP contribution in [0.5, 0.6) is 0 Å². The lowest BCUT2D eigenvalue weighted by molar-refractivity contribution is -0.161. The standard InChI is InChI=1S/C54H97O11P/c1-4-7-10-13-16-19-22-23-24-25-26-27-30-31-34-37-40-43-52(56)61-47-51(65-54(58)45-42-39-36-33-29-21-18-15-12-9-6-3)49-63-66(59,60)62-48-50(46-55)64-53(57)44-41-38-35-32-28-20-17-14-11-8-5-2/h7,10,16,19,23-24,26-27,50-51,55H,4-6,8-9,11-15,17-18,20-22,25,28-49H2,1-3H3,(H,59,60)/b10-7-,19-16-,24-23-,27-26-. The number of carbonyl (C=O) groups excluding carboxylic acids is 3. The maximum Gasteiger partial charge on any atom is 0.472 e. The number of hydrogen-bond donors (Lipinski definition) is 2. The second-order valence-electron chi connectivity index (χ2n) is 17.7. The van der Waals surface area contributed by atoms with E-state index in [9.17, 15) is 28.9 Å². The first-order valence-corrected chi connectivity index (χ1v) is 28.0.